The summed E-state index contributed by atoms with van der Waals surface area (Å²) < 4.78 is 0. The van der Waals surface area contributed by atoms with Crippen molar-refractivity contribution in [1.29, 1.82) is 0 Å². The lowest BCUT2D eigenvalue weighted by molar-refractivity contribution is 1.34. The molecule has 3 nitrogen and oxygen atoms in total. The standard InChI is InChI=1S/C7H6ClN3/c8-5-6-3-1-2-4-7(6)10-11-9/h1-4H,5H2. The van der Waals surface area contributed by atoms with Crippen LogP contribution in [0.1, 0.15) is 5.56 Å². The van der Waals surface area contributed by atoms with Gasteiger partial charge in [-0.05, 0) is 11.1 Å². The van der Waals surface area contributed by atoms with Gasteiger partial charge >= 0.3 is 0 Å². The highest BCUT2D eigenvalue weighted by Crippen LogP contribution is 2.19. The highest BCUT2D eigenvalue weighted by atomic mass is 35.5. The maximum Gasteiger partial charge on any atom is 0.0478 e. The molecule has 4 heteroatoms. The highest BCUT2D eigenvalue weighted by molar-refractivity contribution is 6.17. The zero-order chi connectivity index (χ0) is 8.10. The van der Waals surface area contributed by atoms with Crippen molar-refractivity contribution < 1.29 is 0 Å². The second-order valence-corrected chi connectivity index (χ2v) is 2.22. The summed E-state index contributed by atoms with van der Waals surface area (Å²) in [6.45, 7) is 0. The molecule has 1 aromatic carbocycles. The van der Waals surface area contributed by atoms with Crippen LogP contribution in [0.3, 0.4) is 0 Å². The average Bonchev–Trinajstić information content (AvgIpc) is 2.06. The normalized spacial score (nSPS) is 8.82. The van der Waals surface area contributed by atoms with Crippen molar-refractivity contribution in [3.63, 3.8) is 0 Å². The van der Waals surface area contributed by atoms with E-state index in [9.17, 15) is 0 Å². The van der Waals surface area contributed by atoms with E-state index in [0.29, 0.717) is 11.6 Å². The lowest BCUT2D eigenvalue weighted by atomic mass is 10.2. The van der Waals surface area contributed by atoms with Gasteiger partial charge in [0.1, 0.15) is 0 Å². The van der Waals surface area contributed by atoms with Crippen LogP contribution in [0, 0.1) is 0 Å². The third-order valence-corrected chi connectivity index (χ3v) is 1.58. The predicted molar refractivity (Wildman–Crippen MR) is 44.8 cm³/mol. The Morgan fingerprint density at radius 3 is 2.82 bits per heavy atom. The van der Waals surface area contributed by atoms with E-state index in [1.807, 2.05) is 12.1 Å². The van der Waals surface area contributed by atoms with E-state index in [1.165, 1.54) is 0 Å². The number of halogens is 1. The number of benzene rings is 1. The van der Waals surface area contributed by atoms with Gasteiger partial charge in [-0.15, -0.1) is 11.6 Å². The summed E-state index contributed by atoms with van der Waals surface area (Å²) in [6, 6.07) is 7.22. The van der Waals surface area contributed by atoms with Gasteiger partial charge in [0.15, 0.2) is 0 Å². The summed E-state index contributed by atoms with van der Waals surface area (Å²) in [7, 11) is 0. The summed E-state index contributed by atoms with van der Waals surface area (Å²) >= 11 is 5.58. The van der Waals surface area contributed by atoms with Gasteiger partial charge in [0, 0.05) is 16.5 Å². The molecule has 1 rings (SSSR count). The molecule has 0 spiro atoms. The molecule has 0 atom stereocenters. The van der Waals surface area contributed by atoms with Gasteiger partial charge in [-0.3, -0.25) is 0 Å². The van der Waals surface area contributed by atoms with Crippen molar-refractivity contribution in [2.24, 2.45) is 5.11 Å². The Morgan fingerprint density at radius 1 is 1.45 bits per heavy atom. The number of rotatable bonds is 2. The minimum atomic E-state index is 0.370. The molecule has 0 amide bonds. The van der Waals surface area contributed by atoms with E-state index in [2.05, 4.69) is 10.0 Å². The number of azide groups is 1. The van der Waals surface area contributed by atoms with Gasteiger partial charge < -0.3 is 0 Å². The summed E-state index contributed by atoms with van der Waals surface area (Å²) in [6.07, 6.45) is 0. The smallest absolute Gasteiger partial charge is 0.0478 e. The SMILES string of the molecule is [N-]=[N+]=Nc1ccccc1CCl. The molecule has 0 saturated heterocycles. The molecule has 0 saturated carbocycles. The first kappa shape index (κ1) is 7.92. The molecule has 0 unspecified atom stereocenters. The summed E-state index contributed by atoms with van der Waals surface area (Å²) in [5, 5.41) is 3.47. The fourth-order valence-electron chi connectivity index (χ4n) is 0.770. The molecule has 0 aliphatic carbocycles. The molecular weight excluding hydrogens is 162 g/mol. The summed E-state index contributed by atoms with van der Waals surface area (Å²) in [4.78, 5) is 2.68. The maximum atomic E-state index is 8.15. The van der Waals surface area contributed by atoms with Crippen molar-refractivity contribution in [3.05, 3.63) is 40.3 Å². The number of nitrogens with zero attached hydrogens (tertiary/aromatic N) is 3. The minimum Gasteiger partial charge on any atom is -0.122 e. The van der Waals surface area contributed by atoms with Gasteiger partial charge in [-0.1, -0.05) is 29.4 Å². The molecule has 1 aromatic rings. The fourth-order valence-corrected chi connectivity index (χ4v) is 0.996. The Kier molecular flexibility index (Phi) is 2.78. The Morgan fingerprint density at radius 2 is 2.18 bits per heavy atom. The first-order valence-corrected chi connectivity index (χ1v) is 3.61. The van der Waals surface area contributed by atoms with Crippen LogP contribution in [0.4, 0.5) is 5.69 Å². The highest BCUT2D eigenvalue weighted by Gasteiger charge is 1.95. The van der Waals surface area contributed by atoms with Gasteiger partial charge in [-0.25, -0.2) is 0 Å². The number of hydrogen-bond donors (Lipinski definition) is 0. The largest absolute Gasteiger partial charge is 0.122 e. The van der Waals surface area contributed by atoms with Crippen LogP contribution in [-0.4, -0.2) is 0 Å². The van der Waals surface area contributed by atoms with E-state index in [-0.39, 0.29) is 0 Å². The fraction of sp³-hybridized carbons (Fsp3) is 0.143. The van der Waals surface area contributed by atoms with Gasteiger partial charge in [-0.2, -0.15) is 0 Å². The van der Waals surface area contributed by atoms with Crippen LogP contribution < -0.4 is 0 Å². The molecular formula is C7H6ClN3. The second kappa shape index (κ2) is 3.86. The van der Waals surface area contributed by atoms with Crippen molar-refractivity contribution in [2.75, 3.05) is 0 Å². The third-order valence-electron chi connectivity index (χ3n) is 1.29. The minimum absolute atomic E-state index is 0.370. The van der Waals surface area contributed by atoms with Gasteiger partial charge in [0.2, 0.25) is 0 Å². The first-order chi connectivity index (χ1) is 5.38. The van der Waals surface area contributed by atoms with Crippen LogP contribution >= 0.6 is 11.6 Å². The molecule has 0 aliphatic heterocycles. The van der Waals surface area contributed by atoms with E-state index < -0.39 is 0 Å². The van der Waals surface area contributed by atoms with E-state index in [1.54, 1.807) is 12.1 Å². The van der Waals surface area contributed by atoms with Crippen LogP contribution in [0.25, 0.3) is 10.4 Å². The summed E-state index contributed by atoms with van der Waals surface area (Å²) in [5.74, 6) is 0.370. The number of hydrogen-bond acceptors (Lipinski definition) is 1. The Bertz CT molecular complexity index is 291. The molecule has 11 heavy (non-hydrogen) atoms. The Labute approximate surface area is 69.2 Å². The van der Waals surface area contributed by atoms with Gasteiger partial charge in [0.25, 0.3) is 0 Å². The van der Waals surface area contributed by atoms with Crippen molar-refractivity contribution in [1.82, 2.24) is 0 Å². The van der Waals surface area contributed by atoms with Crippen LogP contribution in [-0.2, 0) is 5.88 Å². The van der Waals surface area contributed by atoms with Crippen LogP contribution in [0.5, 0.6) is 0 Å². The molecule has 0 aromatic heterocycles. The van der Waals surface area contributed by atoms with Crippen LogP contribution in [0.2, 0.25) is 0 Å². The van der Waals surface area contributed by atoms with Crippen LogP contribution in [0.15, 0.2) is 29.4 Å². The average molecular weight is 168 g/mol. The van der Waals surface area contributed by atoms with E-state index in [0.717, 1.165) is 5.56 Å². The first-order valence-electron chi connectivity index (χ1n) is 3.07. The Balaban J connectivity index is 3.11. The maximum absolute atomic E-state index is 8.15. The molecule has 0 N–H and O–H groups in total. The summed E-state index contributed by atoms with van der Waals surface area (Å²) in [5.41, 5.74) is 9.61. The monoisotopic (exact) mass is 167 g/mol. The predicted octanol–water partition coefficient (Wildman–Crippen LogP) is 3.37. The molecule has 0 bridgehead atoms. The number of alkyl halides is 1. The zero-order valence-electron chi connectivity index (χ0n) is 5.74. The van der Waals surface area contributed by atoms with Crippen molar-refractivity contribution >= 4 is 17.3 Å². The molecule has 0 heterocycles. The molecule has 0 radical (unpaired) electrons. The molecule has 0 fully saturated rings. The zero-order valence-corrected chi connectivity index (χ0v) is 6.49. The van der Waals surface area contributed by atoms with E-state index >= 15 is 0 Å². The second-order valence-electron chi connectivity index (χ2n) is 1.95. The third kappa shape index (κ3) is 1.87. The van der Waals surface area contributed by atoms with Crippen molar-refractivity contribution in [3.8, 4) is 0 Å². The van der Waals surface area contributed by atoms with Gasteiger partial charge in [0.05, 0.1) is 0 Å². The lowest BCUT2D eigenvalue weighted by Gasteiger charge is -1.97. The quantitative estimate of drug-likeness (QED) is 0.281. The lowest BCUT2D eigenvalue weighted by Crippen LogP contribution is -1.75. The van der Waals surface area contributed by atoms with Crippen molar-refractivity contribution in [2.45, 2.75) is 5.88 Å². The Hall–Kier alpha value is -1.18. The molecule has 0 aliphatic rings. The van der Waals surface area contributed by atoms with E-state index in [4.69, 9.17) is 17.1 Å². The molecule has 56 valence electrons. The topological polar surface area (TPSA) is 48.8 Å².